The van der Waals surface area contributed by atoms with Crippen LogP contribution in [0, 0.1) is 6.92 Å². The average molecular weight is 374 g/mol. The van der Waals surface area contributed by atoms with Crippen molar-refractivity contribution in [2.24, 2.45) is 0 Å². The van der Waals surface area contributed by atoms with Crippen LogP contribution in [0.5, 0.6) is 5.75 Å². The second-order valence-corrected chi connectivity index (χ2v) is 8.09. The van der Waals surface area contributed by atoms with Crippen LogP contribution in [0.4, 0.5) is 0 Å². The molecule has 0 unspecified atom stereocenters. The Labute approximate surface area is 159 Å². The third kappa shape index (κ3) is 5.05. The second kappa shape index (κ2) is 8.64. The molecule has 3 rings (SSSR count). The van der Waals surface area contributed by atoms with Crippen molar-refractivity contribution >= 4 is 17.2 Å². The Kier molecular flexibility index (Phi) is 6.27. The molecule has 0 aliphatic carbocycles. The molecule has 2 heterocycles. The van der Waals surface area contributed by atoms with E-state index in [-0.39, 0.29) is 12.5 Å². The smallest absolute Gasteiger partial charge is 0.260 e. The SMILES string of the molecule is Cc1nc(CN2CCN(C(=O)COc3cccc(C(C)C)c3)CC2)cs1. The van der Waals surface area contributed by atoms with Gasteiger partial charge in [0, 0.05) is 38.1 Å². The van der Waals surface area contributed by atoms with E-state index in [1.54, 1.807) is 11.3 Å². The lowest BCUT2D eigenvalue weighted by atomic mass is 10.0. The fourth-order valence-electron chi connectivity index (χ4n) is 3.07. The van der Waals surface area contributed by atoms with Crippen LogP contribution in [-0.4, -0.2) is 53.5 Å². The molecule has 0 bridgehead atoms. The summed E-state index contributed by atoms with van der Waals surface area (Å²) in [5.74, 6) is 1.27. The lowest BCUT2D eigenvalue weighted by Crippen LogP contribution is -2.49. The predicted molar refractivity (Wildman–Crippen MR) is 105 cm³/mol. The van der Waals surface area contributed by atoms with Crippen molar-refractivity contribution in [3.63, 3.8) is 0 Å². The summed E-state index contributed by atoms with van der Waals surface area (Å²) < 4.78 is 5.72. The number of aryl methyl sites for hydroxylation is 1. The number of ether oxygens (including phenoxy) is 1. The molecule has 0 saturated carbocycles. The van der Waals surface area contributed by atoms with Gasteiger partial charge in [0.1, 0.15) is 5.75 Å². The zero-order valence-corrected chi connectivity index (χ0v) is 16.6. The number of hydrogen-bond acceptors (Lipinski definition) is 5. The van der Waals surface area contributed by atoms with Gasteiger partial charge in [-0.15, -0.1) is 11.3 Å². The second-order valence-electron chi connectivity index (χ2n) is 7.03. The Morgan fingerprint density at radius 2 is 2.04 bits per heavy atom. The fraction of sp³-hybridized carbons (Fsp3) is 0.500. The van der Waals surface area contributed by atoms with Crippen LogP contribution in [0.15, 0.2) is 29.6 Å². The molecule has 1 saturated heterocycles. The van der Waals surface area contributed by atoms with Gasteiger partial charge in [-0.3, -0.25) is 9.69 Å². The third-order valence-electron chi connectivity index (χ3n) is 4.66. The van der Waals surface area contributed by atoms with Crippen LogP contribution >= 0.6 is 11.3 Å². The third-order valence-corrected chi connectivity index (χ3v) is 5.49. The molecule has 5 nitrogen and oxygen atoms in total. The molecular formula is C20H27N3O2S. The number of thiazole rings is 1. The van der Waals surface area contributed by atoms with Gasteiger partial charge in [-0.2, -0.15) is 0 Å². The van der Waals surface area contributed by atoms with Gasteiger partial charge in [-0.05, 0) is 30.5 Å². The Morgan fingerprint density at radius 1 is 1.27 bits per heavy atom. The highest BCUT2D eigenvalue weighted by Crippen LogP contribution is 2.20. The molecule has 26 heavy (non-hydrogen) atoms. The number of rotatable bonds is 6. The van der Waals surface area contributed by atoms with Gasteiger partial charge in [0.25, 0.3) is 5.91 Å². The number of hydrogen-bond donors (Lipinski definition) is 0. The molecule has 1 aliphatic rings. The summed E-state index contributed by atoms with van der Waals surface area (Å²) in [4.78, 5) is 21.2. The highest BCUT2D eigenvalue weighted by atomic mass is 32.1. The minimum atomic E-state index is 0.0594. The summed E-state index contributed by atoms with van der Waals surface area (Å²) in [5.41, 5.74) is 2.35. The highest BCUT2D eigenvalue weighted by molar-refractivity contribution is 7.09. The van der Waals surface area contributed by atoms with E-state index in [2.05, 4.69) is 35.2 Å². The van der Waals surface area contributed by atoms with Crippen LogP contribution in [0.2, 0.25) is 0 Å². The molecule has 2 aromatic rings. The summed E-state index contributed by atoms with van der Waals surface area (Å²) in [6, 6.07) is 8.00. The molecule has 6 heteroatoms. The van der Waals surface area contributed by atoms with E-state index < -0.39 is 0 Å². The van der Waals surface area contributed by atoms with Crippen molar-refractivity contribution in [3.05, 3.63) is 45.9 Å². The topological polar surface area (TPSA) is 45.7 Å². The summed E-state index contributed by atoms with van der Waals surface area (Å²) in [6.07, 6.45) is 0. The van der Waals surface area contributed by atoms with Crippen LogP contribution < -0.4 is 4.74 Å². The highest BCUT2D eigenvalue weighted by Gasteiger charge is 2.22. The number of benzene rings is 1. The van der Waals surface area contributed by atoms with E-state index in [9.17, 15) is 4.79 Å². The van der Waals surface area contributed by atoms with Crippen LogP contribution in [-0.2, 0) is 11.3 Å². The summed E-state index contributed by atoms with van der Waals surface area (Å²) in [7, 11) is 0. The fourth-order valence-corrected chi connectivity index (χ4v) is 3.67. The first kappa shape index (κ1) is 18.9. The number of carbonyl (C=O) groups excluding carboxylic acids is 1. The average Bonchev–Trinajstić information content (AvgIpc) is 3.05. The number of carbonyl (C=O) groups is 1. The molecule has 1 aliphatic heterocycles. The summed E-state index contributed by atoms with van der Waals surface area (Å²) >= 11 is 1.69. The maximum Gasteiger partial charge on any atom is 0.260 e. The zero-order chi connectivity index (χ0) is 18.5. The Morgan fingerprint density at radius 3 is 2.69 bits per heavy atom. The van der Waals surface area contributed by atoms with Crippen molar-refractivity contribution in [3.8, 4) is 5.75 Å². The quantitative estimate of drug-likeness (QED) is 0.779. The summed E-state index contributed by atoms with van der Waals surface area (Å²) in [6.45, 7) is 10.6. The van der Waals surface area contributed by atoms with Gasteiger partial charge < -0.3 is 9.64 Å². The van der Waals surface area contributed by atoms with Gasteiger partial charge >= 0.3 is 0 Å². The molecule has 0 radical (unpaired) electrons. The van der Waals surface area contributed by atoms with Crippen LogP contribution in [0.1, 0.15) is 36.0 Å². The lowest BCUT2D eigenvalue weighted by molar-refractivity contribution is -0.135. The molecule has 1 fully saturated rings. The van der Waals surface area contributed by atoms with Gasteiger partial charge in [-0.25, -0.2) is 4.98 Å². The van der Waals surface area contributed by atoms with Crippen LogP contribution in [0.25, 0.3) is 0 Å². The molecule has 1 aromatic heterocycles. The van der Waals surface area contributed by atoms with Crippen molar-refractivity contribution in [2.45, 2.75) is 33.2 Å². The minimum absolute atomic E-state index is 0.0594. The monoisotopic (exact) mass is 373 g/mol. The molecular weight excluding hydrogens is 346 g/mol. The van der Waals surface area contributed by atoms with E-state index in [1.807, 2.05) is 30.0 Å². The predicted octanol–water partition coefficient (Wildman–Crippen LogP) is 3.30. The first-order valence-electron chi connectivity index (χ1n) is 9.15. The van der Waals surface area contributed by atoms with Crippen molar-refractivity contribution in [1.29, 1.82) is 0 Å². The molecule has 1 amide bonds. The largest absolute Gasteiger partial charge is 0.484 e. The van der Waals surface area contributed by atoms with E-state index in [0.717, 1.165) is 49.2 Å². The van der Waals surface area contributed by atoms with Gasteiger partial charge in [-0.1, -0.05) is 26.0 Å². The lowest BCUT2D eigenvalue weighted by Gasteiger charge is -2.34. The Bertz CT molecular complexity index is 736. The number of amides is 1. The first-order chi connectivity index (χ1) is 12.5. The number of piperazine rings is 1. The number of nitrogens with zero attached hydrogens (tertiary/aromatic N) is 3. The van der Waals surface area contributed by atoms with Crippen molar-refractivity contribution in [2.75, 3.05) is 32.8 Å². The maximum atomic E-state index is 12.4. The van der Waals surface area contributed by atoms with Gasteiger partial charge in [0.15, 0.2) is 6.61 Å². The zero-order valence-electron chi connectivity index (χ0n) is 15.8. The molecule has 0 spiro atoms. The first-order valence-corrected chi connectivity index (χ1v) is 10.0. The van der Waals surface area contributed by atoms with E-state index in [1.165, 1.54) is 5.56 Å². The molecule has 1 aromatic carbocycles. The number of aromatic nitrogens is 1. The maximum absolute atomic E-state index is 12.4. The molecule has 0 atom stereocenters. The van der Waals surface area contributed by atoms with E-state index >= 15 is 0 Å². The van der Waals surface area contributed by atoms with Gasteiger partial charge in [0.2, 0.25) is 0 Å². The molecule has 140 valence electrons. The Hall–Kier alpha value is -1.92. The standard InChI is InChI=1S/C20H27N3O2S/c1-15(2)17-5-4-6-19(11-17)25-13-20(24)23-9-7-22(8-10-23)12-18-14-26-16(3)21-18/h4-6,11,14-15H,7-10,12-13H2,1-3H3. The molecule has 0 N–H and O–H groups in total. The van der Waals surface area contributed by atoms with E-state index in [0.29, 0.717) is 5.92 Å². The Balaban J connectivity index is 1.44. The van der Waals surface area contributed by atoms with Gasteiger partial charge in [0.05, 0.1) is 10.7 Å². The van der Waals surface area contributed by atoms with Crippen LogP contribution in [0.3, 0.4) is 0 Å². The van der Waals surface area contributed by atoms with E-state index in [4.69, 9.17) is 4.74 Å². The van der Waals surface area contributed by atoms with Crippen molar-refractivity contribution in [1.82, 2.24) is 14.8 Å². The van der Waals surface area contributed by atoms with Crippen molar-refractivity contribution < 1.29 is 9.53 Å². The normalized spacial score (nSPS) is 15.5. The minimum Gasteiger partial charge on any atom is -0.484 e. The summed E-state index contributed by atoms with van der Waals surface area (Å²) in [5, 5.41) is 3.22.